The first-order chi connectivity index (χ1) is 5.06. The third kappa shape index (κ3) is 10.5. The maximum absolute atomic E-state index is 8.56. The quantitative estimate of drug-likeness (QED) is 0.355. The van der Waals surface area contributed by atoms with Crippen LogP contribution in [-0.4, -0.2) is 20.4 Å². The van der Waals surface area contributed by atoms with Crippen LogP contribution in [0.25, 0.3) is 0 Å². The van der Waals surface area contributed by atoms with E-state index in [0.29, 0.717) is 5.75 Å². The predicted octanol–water partition coefficient (Wildman–Crippen LogP) is 1.30. The molecule has 0 aromatic carbocycles. The predicted molar refractivity (Wildman–Crippen MR) is 50.0 cm³/mol. The summed E-state index contributed by atoms with van der Waals surface area (Å²) in [7, 11) is 0.862. The van der Waals surface area contributed by atoms with Crippen LogP contribution in [0, 0.1) is 0 Å². The average Bonchev–Trinajstić information content (AvgIpc) is 1.85. The molecule has 3 N–H and O–H groups in total. The second kappa shape index (κ2) is 6.09. The van der Waals surface area contributed by atoms with Gasteiger partial charge in [-0.3, -0.25) is 14.7 Å². The van der Waals surface area contributed by atoms with Gasteiger partial charge >= 0.3 is 6.72 Å². The summed E-state index contributed by atoms with van der Waals surface area (Å²) in [5, 5.41) is 0. The lowest BCUT2D eigenvalue weighted by atomic mass is 10.2. The zero-order valence-electron chi connectivity index (χ0n) is 6.73. The van der Waals surface area contributed by atoms with Crippen molar-refractivity contribution in [2.45, 2.75) is 32.6 Å². The summed E-state index contributed by atoms with van der Waals surface area (Å²) in [5.74, 6) is 0.636. The Morgan fingerprint density at radius 2 is 1.73 bits per heavy atom. The van der Waals surface area contributed by atoms with Crippen LogP contribution in [0.15, 0.2) is 0 Å². The van der Waals surface area contributed by atoms with E-state index in [-0.39, 0.29) is 0 Å². The van der Waals surface area contributed by atoms with Crippen LogP contribution in [-0.2, 0) is 10.9 Å². The van der Waals surface area contributed by atoms with Crippen LogP contribution in [0.4, 0.5) is 0 Å². The van der Waals surface area contributed by atoms with Gasteiger partial charge in [-0.1, -0.05) is 19.8 Å². The molecule has 0 aromatic rings. The molecule has 0 saturated carbocycles. The first-order valence-corrected chi connectivity index (χ1v) is 7.02. The minimum absolute atomic E-state index is 0.636. The van der Waals surface area contributed by atoms with Gasteiger partial charge in [0.1, 0.15) is 0 Å². The summed E-state index contributed by atoms with van der Waals surface area (Å²) in [6, 6.07) is 0. The van der Waals surface area contributed by atoms with Crippen molar-refractivity contribution in [3.05, 3.63) is 0 Å². The highest BCUT2D eigenvalue weighted by Gasteiger charge is 2.17. The summed E-state index contributed by atoms with van der Waals surface area (Å²) in [6.07, 6.45) is 4.39. The molecule has 0 rings (SSSR count). The van der Waals surface area contributed by atoms with E-state index in [0.717, 1.165) is 23.8 Å². The van der Waals surface area contributed by atoms with E-state index in [1.807, 2.05) is 0 Å². The zero-order valence-corrected chi connectivity index (χ0v) is 8.44. The molecule has 68 valence electrons. The molecule has 5 heteroatoms. The third-order valence-electron chi connectivity index (χ3n) is 1.26. The highest BCUT2D eigenvalue weighted by Crippen LogP contribution is 2.31. The lowest BCUT2D eigenvalue weighted by molar-refractivity contribution is 0.363. The maximum Gasteiger partial charge on any atom is 0.515 e. The fourth-order valence-corrected chi connectivity index (χ4v) is 2.42. The van der Waals surface area contributed by atoms with Crippen LogP contribution in [0.1, 0.15) is 32.6 Å². The van der Waals surface area contributed by atoms with E-state index < -0.39 is 6.72 Å². The van der Waals surface area contributed by atoms with Crippen molar-refractivity contribution in [1.82, 2.24) is 0 Å². The van der Waals surface area contributed by atoms with Gasteiger partial charge in [0.2, 0.25) is 10.9 Å². The summed E-state index contributed by atoms with van der Waals surface area (Å²) < 4.78 is 0. The summed E-state index contributed by atoms with van der Waals surface area (Å²) in [4.78, 5) is 25.7. The molecule has 0 aromatic heterocycles. The normalized spacial score (nSPS) is 11.6. The van der Waals surface area contributed by atoms with Crippen LogP contribution in [0.5, 0.6) is 0 Å². The SMILES string of the molecule is CCCCCC[S+]=P(O)(O)O. The standard InChI is InChI=1S/C6H16O3PS/c1-2-3-4-5-6-11-10(7,8)9/h7-9H,2-6H2,1H3/q+1. The Morgan fingerprint density at radius 3 is 2.18 bits per heavy atom. The maximum atomic E-state index is 8.56. The molecule has 0 fully saturated rings. The van der Waals surface area contributed by atoms with E-state index in [9.17, 15) is 0 Å². The molecule has 11 heavy (non-hydrogen) atoms. The van der Waals surface area contributed by atoms with Gasteiger partial charge in [-0.2, -0.15) is 0 Å². The molecule has 0 aliphatic carbocycles. The molecule has 0 atom stereocenters. The molecule has 0 aliphatic heterocycles. The van der Waals surface area contributed by atoms with Gasteiger partial charge in [0.25, 0.3) is 0 Å². The molecule has 0 spiro atoms. The van der Waals surface area contributed by atoms with E-state index in [1.54, 1.807) is 0 Å². The molecule has 0 saturated heterocycles. The van der Waals surface area contributed by atoms with Gasteiger partial charge < -0.3 is 0 Å². The van der Waals surface area contributed by atoms with Crippen molar-refractivity contribution < 1.29 is 14.7 Å². The molecule has 0 amide bonds. The van der Waals surface area contributed by atoms with Crippen molar-refractivity contribution in [2.24, 2.45) is 0 Å². The number of rotatable bonds is 5. The first-order valence-electron chi connectivity index (χ1n) is 3.78. The Balaban J connectivity index is 3.28. The second-order valence-electron chi connectivity index (χ2n) is 2.41. The van der Waals surface area contributed by atoms with Gasteiger partial charge in [0.15, 0.2) is 5.75 Å². The van der Waals surface area contributed by atoms with Gasteiger partial charge in [0, 0.05) is 6.42 Å². The highest BCUT2D eigenvalue weighted by molar-refractivity contribution is 8.16. The van der Waals surface area contributed by atoms with Crippen LogP contribution in [0.3, 0.4) is 0 Å². The van der Waals surface area contributed by atoms with Crippen molar-refractivity contribution in [3.8, 4) is 0 Å². The number of unbranched alkanes of at least 4 members (excludes halogenated alkanes) is 3. The smallest absolute Gasteiger partial charge is 0.290 e. The minimum Gasteiger partial charge on any atom is -0.290 e. The Hall–Kier alpha value is 0.530. The topological polar surface area (TPSA) is 60.7 Å². The zero-order chi connectivity index (χ0) is 8.74. The van der Waals surface area contributed by atoms with Crippen LogP contribution >= 0.6 is 6.72 Å². The lowest BCUT2D eigenvalue weighted by Gasteiger charge is -1.89. The van der Waals surface area contributed by atoms with Crippen molar-refractivity contribution >= 4 is 17.7 Å². The number of hydrogen-bond acceptors (Lipinski definition) is 0. The molecule has 0 radical (unpaired) electrons. The second-order valence-corrected chi connectivity index (χ2v) is 6.34. The highest BCUT2D eigenvalue weighted by atomic mass is 32.5. The third-order valence-corrected chi connectivity index (χ3v) is 3.67. The van der Waals surface area contributed by atoms with Gasteiger partial charge in [-0.25, -0.2) is 0 Å². The monoisotopic (exact) mass is 199 g/mol. The minimum atomic E-state index is -3.55. The lowest BCUT2D eigenvalue weighted by Crippen LogP contribution is -1.85. The molecular weight excluding hydrogens is 183 g/mol. The van der Waals surface area contributed by atoms with Gasteiger partial charge in [0.05, 0.1) is 0 Å². The Morgan fingerprint density at radius 1 is 1.09 bits per heavy atom. The molecule has 0 bridgehead atoms. The molecule has 3 nitrogen and oxygen atoms in total. The molecule has 0 unspecified atom stereocenters. The summed E-state index contributed by atoms with van der Waals surface area (Å²) in [5.41, 5.74) is 0. The average molecular weight is 199 g/mol. The van der Waals surface area contributed by atoms with Crippen molar-refractivity contribution in [2.75, 3.05) is 5.75 Å². The molecule has 0 heterocycles. The Labute approximate surface area is 71.3 Å². The number of hydrogen-bond donors (Lipinski definition) is 3. The summed E-state index contributed by atoms with van der Waals surface area (Å²) in [6.45, 7) is -1.43. The van der Waals surface area contributed by atoms with Gasteiger partial charge in [-0.15, -0.1) is 0 Å². The molecule has 0 aliphatic rings. The van der Waals surface area contributed by atoms with E-state index in [1.165, 1.54) is 12.8 Å². The Bertz CT molecular complexity index is 134. The fraction of sp³-hybridized carbons (Fsp3) is 1.00. The molecular formula is C6H16O3PS+. The van der Waals surface area contributed by atoms with E-state index in [2.05, 4.69) is 6.92 Å². The summed E-state index contributed by atoms with van der Waals surface area (Å²) >= 11 is 0. The van der Waals surface area contributed by atoms with E-state index in [4.69, 9.17) is 14.7 Å². The van der Waals surface area contributed by atoms with Crippen molar-refractivity contribution in [3.63, 3.8) is 0 Å². The van der Waals surface area contributed by atoms with Crippen molar-refractivity contribution in [1.29, 1.82) is 0 Å². The van der Waals surface area contributed by atoms with Gasteiger partial charge in [-0.05, 0) is 6.42 Å². The van der Waals surface area contributed by atoms with Crippen LogP contribution in [0.2, 0.25) is 0 Å². The largest absolute Gasteiger partial charge is 0.515 e. The fourth-order valence-electron chi connectivity index (χ4n) is 0.716. The van der Waals surface area contributed by atoms with E-state index >= 15 is 0 Å². The Kier molecular flexibility index (Phi) is 6.38. The first kappa shape index (κ1) is 11.5. The van der Waals surface area contributed by atoms with Crippen LogP contribution < -0.4 is 0 Å².